The molecular weight excluding hydrogens is 513 g/mol. The quantitative estimate of drug-likeness (QED) is 0.259. The normalized spacial score (nSPS) is 14.4. The molecule has 1 saturated carbocycles. The van der Waals surface area contributed by atoms with Crippen LogP contribution < -0.4 is 5.32 Å². The molecule has 1 fully saturated rings. The largest absolute Gasteiger partial charge is 0.357 e. The van der Waals surface area contributed by atoms with Crippen LogP contribution in [0.5, 0.6) is 0 Å². The fraction of sp³-hybridized carbons (Fsp3) is 0.292. The second-order valence-electron chi connectivity index (χ2n) is 8.73. The van der Waals surface area contributed by atoms with Gasteiger partial charge in [0.05, 0.1) is 24.5 Å². The lowest BCUT2D eigenvalue weighted by Crippen LogP contribution is -2.26. The maximum Gasteiger partial charge on any atom is 0.113 e. The average Bonchev–Trinajstić information content (AvgIpc) is 3.48. The van der Waals surface area contributed by atoms with E-state index in [9.17, 15) is 0 Å². The second-order valence-corrected chi connectivity index (χ2v) is 9.98. The minimum Gasteiger partial charge on any atom is -0.357 e. The van der Waals surface area contributed by atoms with Crippen LogP contribution in [0.3, 0.4) is 0 Å². The summed E-state index contributed by atoms with van der Waals surface area (Å²) >= 11 is 2.32. The Balaban J connectivity index is 1.19. The summed E-state index contributed by atoms with van der Waals surface area (Å²) in [7, 11) is 0. The molecule has 0 unspecified atom stereocenters. The van der Waals surface area contributed by atoms with Crippen molar-refractivity contribution in [3.63, 3.8) is 0 Å². The van der Waals surface area contributed by atoms with Gasteiger partial charge in [0.1, 0.15) is 5.69 Å². The zero-order valence-electron chi connectivity index (χ0n) is 17.6. The van der Waals surface area contributed by atoms with E-state index >= 15 is 0 Å². The molecule has 5 aromatic rings. The number of nitrogens with one attached hydrogen (secondary N) is 3. The first kappa shape index (κ1) is 19.9. The Hall–Kier alpha value is -2.72. The van der Waals surface area contributed by atoms with Crippen molar-refractivity contribution in [1.29, 1.82) is 0 Å². The van der Waals surface area contributed by atoms with Crippen molar-refractivity contribution in [2.75, 3.05) is 6.54 Å². The van der Waals surface area contributed by atoms with Gasteiger partial charge in [0, 0.05) is 32.3 Å². The Morgan fingerprint density at radius 2 is 2.06 bits per heavy atom. The SMILES string of the molecule is Ic1cc(-c2cn(Cc3ccc4cc(CNCC5CCC5)[nH]c4c3)nn2)c2cn[nH]c2c1. The van der Waals surface area contributed by atoms with Gasteiger partial charge in [0.15, 0.2) is 0 Å². The fourth-order valence-electron chi connectivity index (χ4n) is 4.45. The predicted octanol–water partition coefficient (Wildman–Crippen LogP) is 4.85. The van der Waals surface area contributed by atoms with Gasteiger partial charge in [-0.05, 0) is 83.1 Å². The second kappa shape index (κ2) is 8.32. The average molecular weight is 537 g/mol. The first-order valence-electron chi connectivity index (χ1n) is 11.1. The number of hydrogen-bond donors (Lipinski definition) is 3. The summed E-state index contributed by atoms with van der Waals surface area (Å²) in [6, 6.07) is 13.0. The van der Waals surface area contributed by atoms with Crippen LogP contribution in [-0.4, -0.2) is 36.7 Å². The van der Waals surface area contributed by atoms with Crippen molar-refractivity contribution in [2.45, 2.75) is 32.4 Å². The number of benzene rings is 2. The lowest BCUT2D eigenvalue weighted by molar-refractivity contribution is 0.301. The van der Waals surface area contributed by atoms with Crippen molar-refractivity contribution in [1.82, 2.24) is 35.5 Å². The summed E-state index contributed by atoms with van der Waals surface area (Å²) in [5.41, 5.74) is 6.52. The van der Waals surface area contributed by atoms with Crippen molar-refractivity contribution in [2.24, 2.45) is 5.92 Å². The third-order valence-corrected chi connectivity index (χ3v) is 7.02. The number of aromatic amines is 2. The Labute approximate surface area is 199 Å². The van der Waals surface area contributed by atoms with Crippen LogP contribution in [0.25, 0.3) is 33.1 Å². The molecule has 1 aliphatic carbocycles. The van der Waals surface area contributed by atoms with Gasteiger partial charge in [0.25, 0.3) is 0 Å². The Bertz CT molecular complexity index is 1390. The number of aromatic nitrogens is 6. The monoisotopic (exact) mass is 537 g/mol. The Morgan fingerprint density at radius 3 is 2.94 bits per heavy atom. The van der Waals surface area contributed by atoms with E-state index in [-0.39, 0.29) is 0 Å². The van der Waals surface area contributed by atoms with Crippen molar-refractivity contribution in [3.05, 3.63) is 63.6 Å². The zero-order chi connectivity index (χ0) is 21.5. The highest BCUT2D eigenvalue weighted by Gasteiger charge is 2.16. The van der Waals surface area contributed by atoms with E-state index in [1.807, 2.05) is 17.1 Å². The molecule has 32 heavy (non-hydrogen) atoms. The van der Waals surface area contributed by atoms with Gasteiger partial charge < -0.3 is 10.3 Å². The lowest BCUT2D eigenvalue weighted by Gasteiger charge is -2.25. The van der Waals surface area contributed by atoms with Gasteiger partial charge in [-0.3, -0.25) is 5.10 Å². The van der Waals surface area contributed by atoms with E-state index in [4.69, 9.17) is 0 Å². The van der Waals surface area contributed by atoms with Crippen LogP contribution in [0.2, 0.25) is 0 Å². The topological polar surface area (TPSA) is 87.2 Å². The van der Waals surface area contributed by atoms with Crippen molar-refractivity contribution in [3.8, 4) is 11.3 Å². The zero-order valence-corrected chi connectivity index (χ0v) is 19.8. The van der Waals surface area contributed by atoms with E-state index in [0.717, 1.165) is 44.7 Å². The molecule has 0 spiro atoms. The van der Waals surface area contributed by atoms with Gasteiger partial charge in [-0.15, -0.1) is 5.10 Å². The molecule has 8 heteroatoms. The fourth-order valence-corrected chi connectivity index (χ4v) is 5.07. The van der Waals surface area contributed by atoms with E-state index in [0.29, 0.717) is 6.54 Å². The van der Waals surface area contributed by atoms with Crippen LogP contribution in [0, 0.1) is 9.49 Å². The van der Waals surface area contributed by atoms with Crippen LogP contribution in [-0.2, 0) is 13.1 Å². The molecular formula is C24H24IN7. The molecule has 3 heterocycles. The maximum absolute atomic E-state index is 4.43. The minimum atomic E-state index is 0.676. The van der Waals surface area contributed by atoms with E-state index in [2.05, 4.69) is 89.8 Å². The van der Waals surface area contributed by atoms with Gasteiger partial charge >= 0.3 is 0 Å². The summed E-state index contributed by atoms with van der Waals surface area (Å²) in [4.78, 5) is 3.57. The number of rotatable bonds is 7. The molecule has 0 radical (unpaired) electrons. The maximum atomic E-state index is 4.43. The minimum absolute atomic E-state index is 0.676. The molecule has 3 N–H and O–H groups in total. The summed E-state index contributed by atoms with van der Waals surface area (Å²) in [5, 5.41) is 21.9. The Morgan fingerprint density at radius 1 is 1.12 bits per heavy atom. The third-order valence-electron chi connectivity index (χ3n) is 6.40. The van der Waals surface area contributed by atoms with Gasteiger partial charge in [-0.1, -0.05) is 23.8 Å². The molecule has 3 aromatic heterocycles. The smallest absolute Gasteiger partial charge is 0.113 e. The van der Waals surface area contributed by atoms with Crippen molar-refractivity contribution >= 4 is 44.4 Å². The summed E-state index contributed by atoms with van der Waals surface area (Å²) in [5.74, 6) is 0.877. The highest BCUT2D eigenvalue weighted by atomic mass is 127. The third kappa shape index (κ3) is 3.93. The van der Waals surface area contributed by atoms with Crippen LogP contribution >= 0.6 is 22.6 Å². The van der Waals surface area contributed by atoms with Crippen LogP contribution in [0.4, 0.5) is 0 Å². The number of hydrogen-bond acceptors (Lipinski definition) is 4. The molecule has 0 bridgehead atoms. The molecule has 0 aliphatic heterocycles. The first-order chi connectivity index (χ1) is 15.7. The lowest BCUT2D eigenvalue weighted by atomic mass is 9.85. The van der Waals surface area contributed by atoms with Gasteiger partial charge in [0.2, 0.25) is 0 Å². The molecule has 7 nitrogen and oxygen atoms in total. The van der Waals surface area contributed by atoms with Crippen LogP contribution in [0.15, 0.2) is 48.8 Å². The van der Waals surface area contributed by atoms with Crippen molar-refractivity contribution < 1.29 is 0 Å². The first-order valence-corrected chi connectivity index (χ1v) is 12.1. The number of halogens is 1. The molecule has 6 rings (SSSR count). The van der Waals surface area contributed by atoms with E-state index in [1.165, 1.54) is 41.4 Å². The highest BCUT2D eigenvalue weighted by molar-refractivity contribution is 14.1. The highest BCUT2D eigenvalue weighted by Crippen LogP contribution is 2.28. The van der Waals surface area contributed by atoms with Gasteiger partial charge in [-0.2, -0.15) is 5.10 Å². The number of nitrogens with zero attached hydrogens (tertiary/aromatic N) is 4. The standard InChI is InChI=1S/C24H24IN7/c25-18-8-20(21-12-27-29-23(21)9-18)24-14-32(31-30-24)13-16-4-5-17-7-19(28-22(17)6-16)11-26-10-15-2-1-3-15/h4-9,12,14-15,26,28H,1-3,10-11,13H2,(H,27,29). The Kier molecular flexibility index (Phi) is 5.18. The summed E-state index contributed by atoms with van der Waals surface area (Å²) in [6.07, 6.45) is 8.00. The number of fused-ring (bicyclic) bond motifs is 2. The van der Waals surface area contributed by atoms with Crippen LogP contribution in [0.1, 0.15) is 30.5 Å². The molecule has 2 aromatic carbocycles. The summed E-state index contributed by atoms with van der Waals surface area (Å²) in [6.45, 7) is 2.70. The van der Waals surface area contributed by atoms with Gasteiger partial charge in [-0.25, -0.2) is 4.68 Å². The predicted molar refractivity (Wildman–Crippen MR) is 134 cm³/mol. The molecule has 1 aliphatic rings. The number of H-pyrrole nitrogens is 2. The molecule has 0 atom stereocenters. The van der Waals surface area contributed by atoms with E-state index in [1.54, 1.807) is 0 Å². The molecule has 162 valence electrons. The molecule has 0 amide bonds. The van der Waals surface area contributed by atoms with E-state index < -0.39 is 0 Å². The molecule has 0 saturated heterocycles. The summed E-state index contributed by atoms with van der Waals surface area (Å²) < 4.78 is 3.03.